The van der Waals surface area contributed by atoms with E-state index in [1.54, 1.807) is 0 Å². The highest BCUT2D eigenvalue weighted by atomic mass is 15.1. The highest BCUT2D eigenvalue weighted by molar-refractivity contribution is 5.06. The summed E-state index contributed by atoms with van der Waals surface area (Å²) in [5, 5.41) is 3.25. The molecule has 0 aromatic carbocycles. The molecule has 2 rings (SSSR count). The molecule has 0 bridgehead atoms. The van der Waals surface area contributed by atoms with E-state index in [2.05, 4.69) is 21.8 Å². The third-order valence-corrected chi connectivity index (χ3v) is 2.85. The van der Waals surface area contributed by atoms with Crippen molar-refractivity contribution in [2.75, 3.05) is 13.6 Å². The van der Waals surface area contributed by atoms with Crippen molar-refractivity contribution in [1.82, 2.24) is 14.9 Å². The fourth-order valence-corrected chi connectivity index (χ4v) is 2.10. The first kappa shape index (κ1) is 8.75. The first-order valence-corrected chi connectivity index (χ1v) is 4.97. The SMILES string of the molecule is CNCC1CCc2ncc(C)n2C1. The zero-order valence-corrected chi connectivity index (χ0v) is 8.38. The van der Waals surface area contributed by atoms with Crippen LogP contribution in [-0.4, -0.2) is 23.1 Å². The molecule has 1 aliphatic heterocycles. The Morgan fingerprint density at radius 1 is 1.69 bits per heavy atom. The van der Waals surface area contributed by atoms with Gasteiger partial charge in [0.2, 0.25) is 0 Å². The largest absolute Gasteiger partial charge is 0.332 e. The quantitative estimate of drug-likeness (QED) is 0.733. The van der Waals surface area contributed by atoms with Gasteiger partial charge in [0.05, 0.1) is 0 Å². The molecule has 2 heterocycles. The van der Waals surface area contributed by atoms with Crippen LogP contribution < -0.4 is 5.32 Å². The van der Waals surface area contributed by atoms with E-state index in [1.807, 2.05) is 13.2 Å². The number of hydrogen-bond donors (Lipinski definition) is 1. The van der Waals surface area contributed by atoms with Gasteiger partial charge in [0.15, 0.2) is 0 Å². The highest BCUT2D eigenvalue weighted by Gasteiger charge is 2.19. The zero-order valence-electron chi connectivity index (χ0n) is 8.38. The molecule has 1 aromatic rings. The molecule has 3 nitrogen and oxygen atoms in total. The molecule has 0 spiro atoms. The first-order chi connectivity index (χ1) is 6.31. The van der Waals surface area contributed by atoms with Crippen LogP contribution in [0.1, 0.15) is 17.9 Å². The average Bonchev–Trinajstić information content (AvgIpc) is 2.49. The lowest BCUT2D eigenvalue weighted by atomic mass is 9.99. The molecule has 0 fully saturated rings. The van der Waals surface area contributed by atoms with E-state index in [-0.39, 0.29) is 0 Å². The number of hydrogen-bond acceptors (Lipinski definition) is 2. The normalized spacial score (nSPS) is 21.5. The van der Waals surface area contributed by atoms with Crippen LogP contribution in [0.15, 0.2) is 6.20 Å². The van der Waals surface area contributed by atoms with Crippen LogP contribution in [0.2, 0.25) is 0 Å². The van der Waals surface area contributed by atoms with Crippen molar-refractivity contribution in [2.45, 2.75) is 26.3 Å². The van der Waals surface area contributed by atoms with Gasteiger partial charge in [-0.25, -0.2) is 4.98 Å². The second-order valence-electron chi connectivity index (χ2n) is 3.89. The Morgan fingerprint density at radius 2 is 2.54 bits per heavy atom. The Bertz CT molecular complexity index is 290. The molecule has 0 amide bonds. The lowest BCUT2D eigenvalue weighted by Crippen LogP contribution is -2.28. The topological polar surface area (TPSA) is 29.9 Å². The van der Waals surface area contributed by atoms with Crippen LogP contribution in [-0.2, 0) is 13.0 Å². The Balaban J connectivity index is 2.13. The van der Waals surface area contributed by atoms with Crippen LogP contribution in [0.3, 0.4) is 0 Å². The number of nitrogens with zero attached hydrogens (tertiary/aromatic N) is 2. The maximum Gasteiger partial charge on any atom is 0.108 e. The Kier molecular flexibility index (Phi) is 2.36. The molecular weight excluding hydrogens is 162 g/mol. The number of fused-ring (bicyclic) bond motifs is 1. The third-order valence-electron chi connectivity index (χ3n) is 2.85. The van der Waals surface area contributed by atoms with Gasteiger partial charge >= 0.3 is 0 Å². The van der Waals surface area contributed by atoms with E-state index in [0.717, 1.165) is 25.4 Å². The van der Waals surface area contributed by atoms with Gasteiger partial charge in [-0.15, -0.1) is 0 Å². The highest BCUT2D eigenvalue weighted by Crippen LogP contribution is 2.19. The fraction of sp³-hybridized carbons (Fsp3) is 0.700. The summed E-state index contributed by atoms with van der Waals surface area (Å²) in [5.74, 6) is 2.05. The number of nitrogens with one attached hydrogen (secondary N) is 1. The summed E-state index contributed by atoms with van der Waals surface area (Å²) < 4.78 is 2.35. The summed E-state index contributed by atoms with van der Waals surface area (Å²) in [7, 11) is 2.02. The van der Waals surface area contributed by atoms with Crippen molar-refractivity contribution in [2.24, 2.45) is 5.92 Å². The lowest BCUT2D eigenvalue weighted by molar-refractivity contribution is 0.352. The fourth-order valence-electron chi connectivity index (χ4n) is 2.10. The van der Waals surface area contributed by atoms with E-state index in [4.69, 9.17) is 0 Å². The van der Waals surface area contributed by atoms with Gasteiger partial charge < -0.3 is 9.88 Å². The van der Waals surface area contributed by atoms with Gasteiger partial charge in [0.25, 0.3) is 0 Å². The molecule has 3 heteroatoms. The van der Waals surface area contributed by atoms with Crippen molar-refractivity contribution < 1.29 is 0 Å². The van der Waals surface area contributed by atoms with Crippen molar-refractivity contribution >= 4 is 0 Å². The molecular formula is C10H17N3. The summed E-state index contributed by atoms with van der Waals surface area (Å²) in [6, 6.07) is 0. The molecule has 1 unspecified atom stereocenters. The third kappa shape index (κ3) is 1.61. The van der Waals surface area contributed by atoms with Crippen molar-refractivity contribution in [3.05, 3.63) is 17.7 Å². The van der Waals surface area contributed by atoms with Crippen LogP contribution in [0.4, 0.5) is 0 Å². The molecule has 1 atom stereocenters. The average molecular weight is 179 g/mol. The molecule has 72 valence electrons. The molecule has 0 saturated carbocycles. The van der Waals surface area contributed by atoms with E-state index < -0.39 is 0 Å². The van der Waals surface area contributed by atoms with Gasteiger partial charge in [-0.2, -0.15) is 0 Å². The zero-order chi connectivity index (χ0) is 9.26. The van der Waals surface area contributed by atoms with E-state index >= 15 is 0 Å². The second-order valence-corrected chi connectivity index (χ2v) is 3.89. The lowest BCUT2D eigenvalue weighted by Gasteiger charge is -2.24. The van der Waals surface area contributed by atoms with Crippen LogP contribution in [0, 0.1) is 12.8 Å². The molecule has 1 aromatic heterocycles. The van der Waals surface area contributed by atoms with E-state index in [9.17, 15) is 0 Å². The molecule has 13 heavy (non-hydrogen) atoms. The summed E-state index contributed by atoms with van der Waals surface area (Å²) >= 11 is 0. The molecule has 1 N–H and O–H groups in total. The van der Waals surface area contributed by atoms with Gasteiger partial charge in [-0.3, -0.25) is 0 Å². The van der Waals surface area contributed by atoms with Gasteiger partial charge in [-0.05, 0) is 32.9 Å². The minimum Gasteiger partial charge on any atom is -0.332 e. The van der Waals surface area contributed by atoms with E-state index in [0.29, 0.717) is 0 Å². The molecule has 0 radical (unpaired) electrons. The number of aromatic nitrogens is 2. The Hall–Kier alpha value is -0.830. The number of rotatable bonds is 2. The standard InChI is InChI=1S/C10H17N3/c1-8-5-12-10-4-3-9(6-11-2)7-13(8)10/h5,9,11H,3-4,6-7H2,1-2H3. The predicted molar refractivity (Wildman–Crippen MR) is 52.7 cm³/mol. The molecule has 1 aliphatic rings. The van der Waals surface area contributed by atoms with Crippen LogP contribution in [0.5, 0.6) is 0 Å². The van der Waals surface area contributed by atoms with Crippen molar-refractivity contribution in [1.29, 1.82) is 0 Å². The summed E-state index contributed by atoms with van der Waals surface area (Å²) in [6.45, 7) is 4.40. The van der Waals surface area contributed by atoms with Crippen molar-refractivity contribution in [3.63, 3.8) is 0 Å². The van der Waals surface area contributed by atoms with Gasteiger partial charge in [0.1, 0.15) is 5.82 Å². The minimum absolute atomic E-state index is 0.783. The number of imidazole rings is 1. The summed E-state index contributed by atoms with van der Waals surface area (Å²) in [4.78, 5) is 4.39. The summed E-state index contributed by atoms with van der Waals surface area (Å²) in [6.07, 6.45) is 4.40. The van der Waals surface area contributed by atoms with Crippen LogP contribution in [0.25, 0.3) is 0 Å². The number of aryl methyl sites for hydroxylation is 2. The Labute approximate surface area is 79.2 Å². The smallest absolute Gasteiger partial charge is 0.108 e. The van der Waals surface area contributed by atoms with Crippen molar-refractivity contribution in [3.8, 4) is 0 Å². The van der Waals surface area contributed by atoms with Crippen LogP contribution >= 0.6 is 0 Å². The first-order valence-electron chi connectivity index (χ1n) is 4.97. The van der Waals surface area contributed by atoms with Gasteiger partial charge in [-0.1, -0.05) is 0 Å². The van der Waals surface area contributed by atoms with Gasteiger partial charge in [0, 0.05) is 24.9 Å². The Morgan fingerprint density at radius 3 is 3.31 bits per heavy atom. The minimum atomic E-state index is 0.783. The van der Waals surface area contributed by atoms with E-state index in [1.165, 1.54) is 17.9 Å². The summed E-state index contributed by atoms with van der Waals surface area (Å²) in [5.41, 5.74) is 1.30. The maximum atomic E-state index is 4.39. The molecule has 0 aliphatic carbocycles. The maximum absolute atomic E-state index is 4.39. The second kappa shape index (κ2) is 3.50. The predicted octanol–water partition coefficient (Wildman–Crippen LogP) is 0.973. The molecule has 0 saturated heterocycles. The monoisotopic (exact) mass is 179 g/mol.